The number of carbonyl (C=O) groups excluding carboxylic acids is 2. The quantitative estimate of drug-likeness (QED) is 0.358. The first-order valence-electron chi connectivity index (χ1n) is 4.94. The molecule has 5 heteroatoms. The molecule has 0 radical (unpaired) electrons. The molecule has 1 aromatic rings. The summed E-state index contributed by atoms with van der Waals surface area (Å²) in [5.74, 6) is -1.02. The number of esters is 1. The Kier molecular flexibility index (Phi) is 4.28. The number of ether oxygens (including phenoxy) is 1. The van der Waals surface area contributed by atoms with Crippen molar-refractivity contribution in [2.45, 2.75) is 6.92 Å². The molecule has 0 aliphatic rings. The second kappa shape index (κ2) is 5.69. The summed E-state index contributed by atoms with van der Waals surface area (Å²) in [5, 5.41) is 18.9. The number of aldehydes is 1. The molecule has 1 aromatic carbocycles. The molecule has 0 amide bonds. The van der Waals surface area contributed by atoms with Crippen LogP contribution in [0.2, 0.25) is 0 Å². The normalized spacial score (nSPS) is 10.4. The Balaban J connectivity index is 2.96. The number of carbonyl (C=O) groups is 2. The van der Waals surface area contributed by atoms with E-state index in [2.05, 4.69) is 4.74 Å². The Morgan fingerprint density at radius 2 is 1.88 bits per heavy atom. The van der Waals surface area contributed by atoms with Crippen LogP contribution >= 0.6 is 0 Å². The van der Waals surface area contributed by atoms with E-state index in [0.29, 0.717) is 6.29 Å². The van der Waals surface area contributed by atoms with E-state index in [0.717, 1.165) is 12.1 Å². The highest BCUT2D eigenvalue weighted by molar-refractivity contribution is 5.88. The van der Waals surface area contributed by atoms with Gasteiger partial charge in [0, 0.05) is 11.6 Å². The fourth-order valence-corrected chi connectivity index (χ4v) is 1.19. The van der Waals surface area contributed by atoms with E-state index in [4.69, 9.17) is 0 Å². The molecule has 0 aliphatic carbocycles. The third-order valence-corrected chi connectivity index (χ3v) is 1.99. The average Bonchev–Trinajstić information content (AvgIpc) is 2.30. The zero-order valence-electron chi connectivity index (χ0n) is 9.21. The molecule has 0 aromatic heterocycles. The van der Waals surface area contributed by atoms with Gasteiger partial charge in [-0.1, -0.05) is 0 Å². The maximum Gasteiger partial charge on any atom is 0.330 e. The minimum absolute atomic E-state index is 0.0178. The minimum Gasteiger partial charge on any atom is -0.507 e. The number of benzene rings is 1. The van der Waals surface area contributed by atoms with Crippen molar-refractivity contribution in [3.8, 4) is 11.5 Å². The molecule has 0 aliphatic heterocycles. The van der Waals surface area contributed by atoms with Crippen molar-refractivity contribution in [1.82, 2.24) is 0 Å². The standard InChI is InChI=1S/C12H12O5/c1-2-17-12(16)4-3-8-5-11(15)9(7-13)6-10(8)14/h3-7,14-15H,2H2,1H3/b4-3+. The van der Waals surface area contributed by atoms with Gasteiger partial charge in [-0.3, -0.25) is 4.79 Å². The van der Waals surface area contributed by atoms with E-state index in [-0.39, 0.29) is 29.2 Å². The van der Waals surface area contributed by atoms with Crippen LogP contribution in [-0.2, 0) is 9.53 Å². The van der Waals surface area contributed by atoms with E-state index in [1.807, 2.05) is 0 Å². The third kappa shape index (κ3) is 3.34. The summed E-state index contributed by atoms with van der Waals surface area (Å²) in [4.78, 5) is 21.5. The van der Waals surface area contributed by atoms with Crippen molar-refractivity contribution >= 4 is 18.3 Å². The Morgan fingerprint density at radius 3 is 2.47 bits per heavy atom. The molecule has 0 saturated heterocycles. The number of hydrogen-bond acceptors (Lipinski definition) is 5. The van der Waals surface area contributed by atoms with Crippen LogP contribution in [0, 0.1) is 0 Å². The number of aromatic hydroxyl groups is 2. The molecule has 0 saturated carbocycles. The second-order valence-electron chi connectivity index (χ2n) is 3.17. The third-order valence-electron chi connectivity index (χ3n) is 1.99. The average molecular weight is 236 g/mol. The van der Waals surface area contributed by atoms with Crippen LogP contribution in [0.4, 0.5) is 0 Å². The van der Waals surface area contributed by atoms with Crippen molar-refractivity contribution in [2.75, 3.05) is 6.61 Å². The molecule has 5 nitrogen and oxygen atoms in total. The summed E-state index contributed by atoms with van der Waals surface area (Å²) >= 11 is 0. The summed E-state index contributed by atoms with van der Waals surface area (Å²) in [6.07, 6.45) is 2.84. The molecular formula is C12H12O5. The van der Waals surface area contributed by atoms with E-state index >= 15 is 0 Å². The second-order valence-corrected chi connectivity index (χ2v) is 3.17. The molecule has 90 valence electrons. The highest BCUT2D eigenvalue weighted by Crippen LogP contribution is 2.27. The van der Waals surface area contributed by atoms with Crippen LogP contribution < -0.4 is 0 Å². The molecular weight excluding hydrogens is 224 g/mol. The van der Waals surface area contributed by atoms with Crippen LogP contribution in [-0.4, -0.2) is 29.1 Å². The molecule has 2 N–H and O–H groups in total. The highest BCUT2D eigenvalue weighted by atomic mass is 16.5. The van der Waals surface area contributed by atoms with Gasteiger partial charge in [-0.25, -0.2) is 4.79 Å². The lowest BCUT2D eigenvalue weighted by Crippen LogP contribution is -1.98. The molecule has 0 spiro atoms. The summed E-state index contributed by atoms with van der Waals surface area (Å²) in [6, 6.07) is 2.31. The van der Waals surface area contributed by atoms with Crippen molar-refractivity contribution in [1.29, 1.82) is 0 Å². The van der Waals surface area contributed by atoms with Gasteiger partial charge in [0.05, 0.1) is 12.2 Å². The predicted molar refractivity (Wildman–Crippen MR) is 60.8 cm³/mol. The van der Waals surface area contributed by atoms with E-state index < -0.39 is 5.97 Å². The van der Waals surface area contributed by atoms with Crippen LogP contribution in [0.15, 0.2) is 18.2 Å². The monoisotopic (exact) mass is 236 g/mol. The van der Waals surface area contributed by atoms with E-state index in [1.165, 1.54) is 12.1 Å². The summed E-state index contributed by atoms with van der Waals surface area (Å²) in [5.41, 5.74) is 0.205. The Morgan fingerprint density at radius 1 is 1.29 bits per heavy atom. The van der Waals surface area contributed by atoms with Crippen LogP contribution in [0.1, 0.15) is 22.8 Å². The van der Waals surface area contributed by atoms with Gasteiger partial charge in [0.1, 0.15) is 11.5 Å². The lowest BCUT2D eigenvalue weighted by Gasteiger charge is -2.02. The first kappa shape index (κ1) is 12.8. The van der Waals surface area contributed by atoms with E-state index in [9.17, 15) is 19.8 Å². The van der Waals surface area contributed by atoms with Gasteiger partial charge in [0.25, 0.3) is 0 Å². The number of hydrogen-bond donors (Lipinski definition) is 2. The summed E-state index contributed by atoms with van der Waals surface area (Å²) in [6.45, 7) is 1.93. The van der Waals surface area contributed by atoms with E-state index in [1.54, 1.807) is 6.92 Å². The topological polar surface area (TPSA) is 83.8 Å². The number of rotatable bonds is 4. The lowest BCUT2D eigenvalue weighted by molar-refractivity contribution is -0.137. The SMILES string of the molecule is CCOC(=O)/C=C/c1cc(O)c(C=O)cc1O. The molecule has 0 heterocycles. The zero-order chi connectivity index (χ0) is 12.8. The van der Waals surface area contributed by atoms with Crippen LogP contribution in [0.5, 0.6) is 11.5 Å². The molecule has 0 fully saturated rings. The number of phenols is 2. The fourth-order valence-electron chi connectivity index (χ4n) is 1.19. The van der Waals surface area contributed by atoms with Gasteiger partial charge in [0.2, 0.25) is 0 Å². The van der Waals surface area contributed by atoms with Gasteiger partial charge in [-0.2, -0.15) is 0 Å². The predicted octanol–water partition coefficient (Wildman–Crippen LogP) is 1.49. The summed E-state index contributed by atoms with van der Waals surface area (Å²) in [7, 11) is 0. The number of phenolic OH excluding ortho intramolecular Hbond substituents is 2. The molecule has 1 rings (SSSR count). The van der Waals surface area contributed by atoms with Crippen molar-refractivity contribution in [2.24, 2.45) is 0 Å². The first-order valence-corrected chi connectivity index (χ1v) is 4.94. The van der Waals surface area contributed by atoms with Crippen molar-refractivity contribution in [3.05, 3.63) is 29.3 Å². The van der Waals surface area contributed by atoms with Crippen LogP contribution in [0.25, 0.3) is 6.08 Å². The van der Waals surface area contributed by atoms with Gasteiger partial charge in [0.15, 0.2) is 6.29 Å². The van der Waals surface area contributed by atoms with Gasteiger partial charge < -0.3 is 14.9 Å². The molecule has 0 bridgehead atoms. The molecule has 0 atom stereocenters. The zero-order valence-corrected chi connectivity index (χ0v) is 9.21. The van der Waals surface area contributed by atoms with Gasteiger partial charge >= 0.3 is 5.97 Å². The summed E-state index contributed by atoms with van der Waals surface area (Å²) < 4.78 is 4.65. The smallest absolute Gasteiger partial charge is 0.330 e. The minimum atomic E-state index is -0.550. The fraction of sp³-hybridized carbons (Fsp3) is 0.167. The van der Waals surface area contributed by atoms with Crippen LogP contribution in [0.3, 0.4) is 0 Å². The Hall–Kier alpha value is -2.30. The molecule has 17 heavy (non-hydrogen) atoms. The largest absolute Gasteiger partial charge is 0.507 e. The van der Waals surface area contributed by atoms with Gasteiger partial charge in [-0.15, -0.1) is 0 Å². The maximum absolute atomic E-state index is 11.0. The molecule has 0 unspecified atom stereocenters. The van der Waals surface area contributed by atoms with Gasteiger partial charge in [-0.05, 0) is 25.1 Å². The van der Waals surface area contributed by atoms with Crippen molar-refractivity contribution in [3.63, 3.8) is 0 Å². The Labute approximate surface area is 98.0 Å². The lowest BCUT2D eigenvalue weighted by atomic mass is 10.1. The Bertz CT molecular complexity index is 462. The van der Waals surface area contributed by atoms with Crippen molar-refractivity contribution < 1.29 is 24.5 Å². The first-order chi connectivity index (χ1) is 8.08. The maximum atomic E-state index is 11.0. The highest BCUT2D eigenvalue weighted by Gasteiger charge is 2.06.